The minimum atomic E-state index is -0.0734. The van der Waals surface area contributed by atoms with Gasteiger partial charge in [-0.3, -0.25) is 4.79 Å². The minimum Gasteiger partial charge on any atom is -0.351 e. The molecule has 1 aromatic carbocycles. The van der Waals surface area contributed by atoms with Gasteiger partial charge in [0.2, 0.25) is 0 Å². The summed E-state index contributed by atoms with van der Waals surface area (Å²) in [5, 5.41) is 4.39. The number of nitrogens with one attached hydrogen (secondary N) is 1. The molecule has 0 spiro atoms. The second kappa shape index (κ2) is 5.07. The Kier molecular flexibility index (Phi) is 3.69. The highest BCUT2D eigenvalue weighted by molar-refractivity contribution is 7.21. The zero-order valence-electron chi connectivity index (χ0n) is 9.84. The average molecular weight is 268 g/mol. The lowest BCUT2D eigenvalue weighted by Crippen LogP contribution is -2.23. The normalized spacial score (nSPS) is 10.8. The highest BCUT2D eigenvalue weighted by Crippen LogP contribution is 2.35. The van der Waals surface area contributed by atoms with Gasteiger partial charge in [-0.15, -0.1) is 11.3 Å². The van der Waals surface area contributed by atoms with E-state index in [1.807, 2.05) is 32.0 Å². The number of halogens is 1. The quantitative estimate of drug-likeness (QED) is 0.895. The van der Waals surface area contributed by atoms with Crippen LogP contribution in [0.2, 0.25) is 5.02 Å². The van der Waals surface area contributed by atoms with Gasteiger partial charge in [-0.2, -0.15) is 0 Å². The fourth-order valence-electron chi connectivity index (χ4n) is 1.65. The van der Waals surface area contributed by atoms with Gasteiger partial charge in [0, 0.05) is 16.6 Å². The molecule has 0 saturated carbocycles. The minimum absolute atomic E-state index is 0.0734. The van der Waals surface area contributed by atoms with Gasteiger partial charge >= 0.3 is 0 Å². The standard InChI is InChI=1S/C13H14ClNOS/c1-3-6-15-13(16)12-11(14)9-7-8(2)4-5-10(9)17-12/h4-5,7H,3,6H2,1-2H3,(H,15,16). The number of benzene rings is 1. The van der Waals surface area contributed by atoms with Crippen LogP contribution in [0, 0.1) is 6.92 Å². The molecular formula is C13H14ClNOS. The molecule has 0 radical (unpaired) electrons. The molecule has 0 aliphatic heterocycles. The van der Waals surface area contributed by atoms with Crippen LogP contribution >= 0.6 is 22.9 Å². The molecule has 0 fully saturated rings. The number of thiophene rings is 1. The smallest absolute Gasteiger partial charge is 0.262 e. The van der Waals surface area contributed by atoms with Gasteiger partial charge in [0.15, 0.2) is 0 Å². The van der Waals surface area contributed by atoms with Gasteiger partial charge in [0.1, 0.15) is 4.88 Å². The maximum Gasteiger partial charge on any atom is 0.262 e. The van der Waals surface area contributed by atoms with Crippen LogP contribution < -0.4 is 5.32 Å². The van der Waals surface area contributed by atoms with Crippen molar-refractivity contribution in [1.82, 2.24) is 5.32 Å². The van der Waals surface area contributed by atoms with E-state index in [-0.39, 0.29) is 5.91 Å². The van der Waals surface area contributed by atoms with Gasteiger partial charge in [0.25, 0.3) is 5.91 Å². The topological polar surface area (TPSA) is 29.1 Å². The first kappa shape index (κ1) is 12.4. The molecule has 1 aromatic heterocycles. The fourth-order valence-corrected chi connectivity index (χ4v) is 3.05. The predicted octanol–water partition coefficient (Wildman–Crippen LogP) is 4.00. The Morgan fingerprint density at radius 3 is 2.94 bits per heavy atom. The lowest BCUT2D eigenvalue weighted by Gasteiger charge is -2.00. The number of carbonyl (C=O) groups excluding carboxylic acids is 1. The first-order valence-electron chi connectivity index (χ1n) is 5.60. The summed E-state index contributed by atoms with van der Waals surface area (Å²) in [6, 6.07) is 6.06. The van der Waals surface area contributed by atoms with Gasteiger partial charge in [-0.25, -0.2) is 0 Å². The number of aryl methyl sites for hydroxylation is 1. The summed E-state index contributed by atoms with van der Waals surface area (Å²) in [5.41, 5.74) is 1.15. The number of fused-ring (bicyclic) bond motifs is 1. The monoisotopic (exact) mass is 267 g/mol. The van der Waals surface area contributed by atoms with E-state index in [1.165, 1.54) is 11.3 Å². The van der Waals surface area contributed by atoms with Crippen LogP contribution in [0.15, 0.2) is 18.2 Å². The number of rotatable bonds is 3. The van der Waals surface area contributed by atoms with E-state index in [0.717, 1.165) is 22.1 Å². The molecule has 1 heterocycles. The summed E-state index contributed by atoms with van der Waals surface area (Å²) >= 11 is 7.70. The summed E-state index contributed by atoms with van der Waals surface area (Å²) in [6.07, 6.45) is 0.924. The van der Waals surface area contributed by atoms with E-state index in [4.69, 9.17) is 11.6 Å². The Morgan fingerprint density at radius 1 is 1.47 bits per heavy atom. The molecule has 2 nitrogen and oxygen atoms in total. The van der Waals surface area contributed by atoms with Gasteiger partial charge in [-0.1, -0.05) is 30.2 Å². The van der Waals surface area contributed by atoms with Crippen LogP contribution in [0.5, 0.6) is 0 Å². The molecule has 90 valence electrons. The largest absolute Gasteiger partial charge is 0.351 e. The molecule has 0 bridgehead atoms. The highest BCUT2D eigenvalue weighted by Gasteiger charge is 2.16. The number of hydrogen-bond donors (Lipinski definition) is 1. The summed E-state index contributed by atoms with van der Waals surface area (Å²) in [5.74, 6) is -0.0734. The molecule has 4 heteroatoms. The Balaban J connectivity index is 2.42. The van der Waals surface area contributed by atoms with E-state index in [1.54, 1.807) is 0 Å². The van der Waals surface area contributed by atoms with E-state index in [9.17, 15) is 4.79 Å². The van der Waals surface area contributed by atoms with Gasteiger partial charge < -0.3 is 5.32 Å². The third kappa shape index (κ3) is 2.45. The maximum atomic E-state index is 11.9. The number of hydrogen-bond acceptors (Lipinski definition) is 2. The Labute approximate surface area is 110 Å². The maximum absolute atomic E-state index is 11.9. The molecule has 2 rings (SSSR count). The van der Waals surface area contributed by atoms with Crippen molar-refractivity contribution < 1.29 is 4.79 Å². The summed E-state index contributed by atoms with van der Waals surface area (Å²) in [6.45, 7) is 4.73. The van der Waals surface area contributed by atoms with Crippen molar-refractivity contribution in [2.45, 2.75) is 20.3 Å². The molecule has 1 N–H and O–H groups in total. The first-order chi connectivity index (χ1) is 8.13. The van der Waals surface area contributed by atoms with Crippen LogP contribution in [0.3, 0.4) is 0 Å². The van der Waals surface area contributed by atoms with Crippen molar-refractivity contribution in [1.29, 1.82) is 0 Å². The van der Waals surface area contributed by atoms with Crippen LogP contribution in [0.4, 0.5) is 0 Å². The van der Waals surface area contributed by atoms with Crippen molar-refractivity contribution >= 4 is 38.9 Å². The summed E-state index contributed by atoms with van der Waals surface area (Å²) in [7, 11) is 0. The third-order valence-corrected chi connectivity index (χ3v) is 4.20. The SMILES string of the molecule is CCCNC(=O)c1sc2ccc(C)cc2c1Cl. The Morgan fingerprint density at radius 2 is 2.24 bits per heavy atom. The van der Waals surface area contributed by atoms with Gasteiger partial charge in [-0.05, 0) is 25.5 Å². The van der Waals surface area contributed by atoms with Crippen LogP contribution in [0.1, 0.15) is 28.6 Å². The van der Waals surface area contributed by atoms with E-state index >= 15 is 0 Å². The molecule has 0 atom stereocenters. The molecule has 1 amide bonds. The second-order valence-corrected chi connectivity index (χ2v) is 5.43. The Bertz CT molecular complexity index is 562. The predicted molar refractivity (Wildman–Crippen MR) is 74.2 cm³/mol. The lowest BCUT2D eigenvalue weighted by molar-refractivity contribution is 0.0958. The lowest BCUT2D eigenvalue weighted by atomic mass is 10.2. The first-order valence-corrected chi connectivity index (χ1v) is 6.79. The molecule has 0 saturated heterocycles. The third-order valence-electron chi connectivity index (χ3n) is 2.52. The van der Waals surface area contributed by atoms with Crippen molar-refractivity contribution in [3.05, 3.63) is 33.7 Å². The van der Waals surface area contributed by atoms with Crippen molar-refractivity contribution in [2.24, 2.45) is 0 Å². The van der Waals surface area contributed by atoms with Gasteiger partial charge in [0.05, 0.1) is 5.02 Å². The zero-order chi connectivity index (χ0) is 12.4. The zero-order valence-corrected chi connectivity index (χ0v) is 11.4. The van der Waals surface area contributed by atoms with Crippen molar-refractivity contribution in [3.63, 3.8) is 0 Å². The molecule has 0 aliphatic carbocycles. The summed E-state index contributed by atoms with van der Waals surface area (Å²) < 4.78 is 1.06. The average Bonchev–Trinajstić information content (AvgIpc) is 2.64. The fraction of sp³-hybridized carbons (Fsp3) is 0.308. The number of amides is 1. The van der Waals surface area contributed by atoms with Crippen molar-refractivity contribution in [2.75, 3.05) is 6.54 Å². The molecule has 0 unspecified atom stereocenters. The number of carbonyl (C=O) groups is 1. The molecule has 17 heavy (non-hydrogen) atoms. The van der Waals surface area contributed by atoms with E-state index in [0.29, 0.717) is 16.4 Å². The highest BCUT2D eigenvalue weighted by atomic mass is 35.5. The van der Waals surface area contributed by atoms with Crippen LogP contribution in [-0.4, -0.2) is 12.5 Å². The summed E-state index contributed by atoms with van der Waals surface area (Å²) in [4.78, 5) is 12.5. The second-order valence-electron chi connectivity index (χ2n) is 4.00. The van der Waals surface area contributed by atoms with Crippen LogP contribution in [0.25, 0.3) is 10.1 Å². The molecule has 2 aromatic rings. The van der Waals surface area contributed by atoms with E-state index in [2.05, 4.69) is 5.32 Å². The van der Waals surface area contributed by atoms with Crippen molar-refractivity contribution in [3.8, 4) is 0 Å². The molecular weight excluding hydrogens is 254 g/mol. The Hall–Kier alpha value is -1.06. The van der Waals surface area contributed by atoms with E-state index < -0.39 is 0 Å². The molecule has 0 aliphatic rings. The van der Waals surface area contributed by atoms with Crippen LogP contribution in [-0.2, 0) is 0 Å².